The maximum atomic E-state index is 5.63. The summed E-state index contributed by atoms with van der Waals surface area (Å²) in [7, 11) is 0. The van der Waals surface area contributed by atoms with Gasteiger partial charge in [-0.05, 0) is 37.5 Å². The predicted molar refractivity (Wildman–Crippen MR) is 62.3 cm³/mol. The third-order valence-electron chi connectivity index (χ3n) is 2.77. The summed E-state index contributed by atoms with van der Waals surface area (Å²) in [5.74, 6) is 6.51. The zero-order valence-electron chi connectivity index (χ0n) is 9.44. The molecule has 0 aliphatic carbocycles. The van der Waals surface area contributed by atoms with Crippen LogP contribution in [-0.4, -0.2) is 11.6 Å². The van der Waals surface area contributed by atoms with E-state index in [0.29, 0.717) is 0 Å². The highest BCUT2D eigenvalue weighted by Crippen LogP contribution is 2.26. The Labute approximate surface area is 95.5 Å². The number of pyridine rings is 1. The number of hydrogen-bond acceptors (Lipinski definition) is 4. The van der Waals surface area contributed by atoms with E-state index in [2.05, 4.69) is 16.5 Å². The summed E-state index contributed by atoms with van der Waals surface area (Å²) in [6.07, 6.45) is 6.00. The van der Waals surface area contributed by atoms with E-state index >= 15 is 0 Å². The number of hydrazine groups is 1. The molecule has 1 atom stereocenters. The molecule has 1 aliphatic rings. The fraction of sp³-hybridized carbons (Fsp3) is 0.417. The van der Waals surface area contributed by atoms with Crippen molar-refractivity contribution >= 4 is 0 Å². The third-order valence-corrected chi connectivity index (χ3v) is 2.77. The molecule has 0 fully saturated rings. The molecule has 0 amide bonds. The number of aromatic nitrogens is 1. The fourth-order valence-electron chi connectivity index (χ4n) is 1.90. The predicted octanol–water partition coefficient (Wildman–Crippen LogP) is 1.59. The standard InChI is InChI=1S/C12H17N3O/c1-9-10(5-4-7-14-9)12(15-13)11-6-2-3-8-16-11/h4-7,12,15H,2-3,8,13H2,1H3. The Bertz CT molecular complexity index is 390. The summed E-state index contributed by atoms with van der Waals surface area (Å²) in [6.45, 7) is 2.74. The Morgan fingerprint density at radius 3 is 3.06 bits per heavy atom. The number of allylic oxidation sites excluding steroid dienone is 1. The van der Waals surface area contributed by atoms with Gasteiger partial charge in [-0.3, -0.25) is 10.8 Å². The number of ether oxygens (including phenoxy) is 1. The van der Waals surface area contributed by atoms with Gasteiger partial charge in [0.05, 0.1) is 6.61 Å². The molecule has 4 nitrogen and oxygen atoms in total. The minimum atomic E-state index is -0.0889. The lowest BCUT2D eigenvalue weighted by molar-refractivity contribution is 0.167. The second-order valence-electron chi connectivity index (χ2n) is 3.87. The first kappa shape index (κ1) is 11.1. The molecule has 0 saturated carbocycles. The molecule has 0 aromatic carbocycles. The van der Waals surface area contributed by atoms with E-state index in [1.165, 1.54) is 0 Å². The van der Waals surface area contributed by atoms with E-state index in [-0.39, 0.29) is 6.04 Å². The van der Waals surface area contributed by atoms with Crippen molar-refractivity contribution in [1.82, 2.24) is 10.4 Å². The summed E-state index contributed by atoms with van der Waals surface area (Å²) in [5.41, 5.74) is 4.84. The summed E-state index contributed by atoms with van der Waals surface area (Å²) in [6, 6.07) is 3.84. The van der Waals surface area contributed by atoms with E-state index in [4.69, 9.17) is 10.6 Å². The Morgan fingerprint density at radius 2 is 2.44 bits per heavy atom. The zero-order valence-corrected chi connectivity index (χ0v) is 9.44. The van der Waals surface area contributed by atoms with Crippen molar-refractivity contribution in [2.24, 2.45) is 5.84 Å². The quantitative estimate of drug-likeness (QED) is 0.598. The van der Waals surface area contributed by atoms with Gasteiger partial charge in [0.1, 0.15) is 11.8 Å². The van der Waals surface area contributed by atoms with Gasteiger partial charge in [-0.15, -0.1) is 0 Å². The molecule has 3 N–H and O–H groups in total. The van der Waals surface area contributed by atoms with E-state index in [9.17, 15) is 0 Å². The van der Waals surface area contributed by atoms with Crippen LogP contribution in [0, 0.1) is 6.92 Å². The molecule has 0 saturated heterocycles. The molecule has 0 spiro atoms. The third kappa shape index (κ3) is 2.23. The minimum absolute atomic E-state index is 0.0889. The SMILES string of the molecule is Cc1ncccc1C(NN)C1=CCCCO1. The molecule has 1 aromatic rings. The molecule has 1 aromatic heterocycles. The van der Waals surface area contributed by atoms with Gasteiger partial charge in [-0.25, -0.2) is 5.43 Å². The lowest BCUT2D eigenvalue weighted by Gasteiger charge is -2.24. The maximum Gasteiger partial charge on any atom is 0.115 e. The van der Waals surface area contributed by atoms with Gasteiger partial charge in [0.2, 0.25) is 0 Å². The molecule has 86 valence electrons. The largest absolute Gasteiger partial charge is 0.496 e. The van der Waals surface area contributed by atoms with Crippen molar-refractivity contribution in [2.45, 2.75) is 25.8 Å². The monoisotopic (exact) mass is 219 g/mol. The van der Waals surface area contributed by atoms with Crippen LogP contribution in [-0.2, 0) is 4.74 Å². The highest BCUT2D eigenvalue weighted by molar-refractivity contribution is 5.28. The van der Waals surface area contributed by atoms with Crippen LogP contribution in [0.15, 0.2) is 30.2 Å². The van der Waals surface area contributed by atoms with Crippen LogP contribution in [0.25, 0.3) is 0 Å². The van der Waals surface area contributed by atoms with Crippen LogP contribution in [0.5, 0.6) is 0 Å². The Balaban J connectivity index is 2.28. The molecule has 1 unspecified atom stereocenters. The van der Waals surface area contributed by atoms with E-state index in [1.807, 2.05) is 19.1 Å². The van der Waals surface area contributed by atoms with Crippen LogP contribution in [0.3, 0.4) is 0 Å². The molecular weight excluding hydrogens is 202 g/mol. The molecule has 2 rings (SSSR count). The summed E-state index contributed by atoms with van der Waals surface area (Å²) in [4.78, 5) is 4.26. The van der Waals surface area contributed by atoms with E-state index in [0.717, 1.165) is 36.5 Å². The van der Waals surface area contributed by atoms with Crippen molar-refractivity contribution in [1.29, 1.82) is 0 Å². The second kappa shape index (κ2) is 5.09. The molecular formula is C12H17N3O. The number of nitrogens with zero attached hydrogens (tertiary/aromatic N) is 1. The first-order valence-electron chi connectivity index (χ1n) is 5.53. The zero-order chi connectivity index (χ0) is 11.4. The van der Waals surface area contributed by atoms with Crippen molar-refractivity contribution in [2.75, 3.05) is 6.61 Å². The molecule has 0 radical (unpaired) electrons. The smallest absolute Gasteiger partial charge is 0.115 e. The average molecular weight is 219 g/mol. The van der Waals surface area contributed by atoms with E-state index in [1.54, 1.807) is 6.20 Å². The first-order chi connectivity index (χ1) is 7.83. The second-order valence-corrected chi connectivity index (χ2v) is 3.87. The molecule has 2 heterocycles. The van der Waals surface area contributed by atoms with Crippen molar-refractivity contribution in [3.63, 3.8) is 0 Å². The van der Waals surface area contributed by atoms with Crippen LogP contribution in [0.2, 0.25) is 0 Å². The minimum Gasteiger partial charge on any atom is -0.496 e. The topological polar surface area (TPSA) is 60.2 Å². The van der Waals surface area contributed by atoms with Crippen molar-refractivity contribution in [3.8, 4) is 0 Å². The molecule has 0 bridgehead atoms. The molecule has 1 aliphatic heterocycles. The van der Waals surface area contributed by atoms with Gasteiger partial charge < -0.3 is 4.74 Å². The lowest BCUT2D eigenvalue weighted by Crippen LogP contribution is -2.31. The van der Waals surface area contributed by atoms with Gasteiger partial charge in [0.25, 0.3) is 0 Å². The highest BCUT2D eigenvalue weighted by atomic mass is 16.5. The van der Waals surface area contributed by atoms with Gasteiger partial charge in [-0.2, -0.15) is 0 Å². The fourth-order valence-corrected chi connectivity index (χ4v) is 1.90. The Morgan fingerprint density at radius 1 is 1.56 bits per heavy atom. The number of rotatable bonds is 3. The maximum absolute atomic E-state index is 5.63. The van der Waals surface area contributed by atoms with Crippen molar-refractivity contribution < 1.29 is 4.74 Å². The molecule has 4 heteroatoms. The Kier molecular flexibility index (Phi) is 3.54. The molecule has 16 heavy (non-hydrogen) atoms. The lowest BCUT2D eigenvalue weighted by atomic mass is 10.0. The van der Waals surface area contributed by atoms with Crippen molar-refractivity contribution in [3.05, 3.63) is 41.4 Å². The number of nitrogens with one attached hydrogen (secondary N) is 1. The van der Waals surface area contributed by atoms with Crippen LogP contribution in [0.1, 0.15) is 30.1 Å². The number of aryl methyl sites for hydroxylation is 1. The van der Waals surface area contributed by atoms with Gasteiger partial charge in [-0.1, -0.05) is 6.07 Å². The summed E-state index contributed by atoms with van der Waals surface area (Å²) in [5, 5.41) is 0. The number of nitrogens with two attached hydrogens (primary N) is 1. The average Bonchev–Trinajstić information content (AvgIpc) is 2.34. The highest BCUT2D eigenvalue weighted by Gasteiger charge is 2.20. The van der Waals surface area contributed by atoms with Crippen LogP contribution >= 0.6 is 0 Å². The van der Waals surface area contributed by atoms with E-state index < -0.39 is 0 Å². The summed E-state index contributed by atoms with van der Waals surface area (Å²) >= 11 is 0. The number of hydrogen-bond donors (Lipinski definition) is 2. The first-order valence-corrected chi connectivity index (χ1v) is 5.53. The van der Waals surface area contributed by atoms with Crippen LogP contribution in [0.4, 0.5) is 0 Å². The Hall–Kier alpha value is -1.39. The van der Waals surface area contributed by atoms with Gasteiger partial charge in [0, 0.05) is 11.9 Å². The van der Waals surface area contributed by atoms with Crippen LogP contribution < -0.4 is 11.3 Å². The summed E-state index contributed by atoms with van der Waals surface area (Å²) < 4.78 is 5.63. The normalized spacial score (nSPS) is 17.5. The van der Waals surface area contributed by atoms with Gasteiger partial charge >= 0.3 is 0 Å². The van der Waals surface area contributed by atoms with Gasteiger partial charge in [0.15, 0.2) is 0 Å².